The van der Waals surface area contributed by atoms with Gasteiger partial charge in [0.05, 0.1) is 5.38 Å². The SMILES string of the molecule is CC(C)(C)C(=O)Nc1ccc(C(Cl)c2ccccc2)cc1. The van der Waals surface area contributed by atoms with Crippen molar-refractivity contribution in [2.45, 2.75) is 26.1 Å². The Morgan fingerprint density at radius 2 is 1.48 bits per heavy atom. The topological polar surface area (TPSA) is 29.1 Å². The molecule has 1 atom stereocenters. The molecule has 2 aromatic carbocycles. The lowest BCUT2D eigenvalue weighted by atomic mass is 9.95. The van der Waals surface area contributed by atoms with Gasteiger partial charge in [-0.1, -0.05) is 63.2 Å². The van der Waals surface area contributed by atoms with Crippen LogP contribution in [0.4, 0.5) is 5.69 Å². The van der Waals surface area contributed by atoms with Crippen LogP contribution in [0.5, 0.6) is 0 Å². The minimum atomic E-state index is -0.405. The van der Waals surface area contributed by atoms with Gasteiger partial charge in [0.25, 0.3) is 0 Å². The third-order valence-electron chi connectivity index (χ3n) is 3.23. The van der Waals surface area contributed by atoms with Crippen molar-refractivity contribution in [3.8, 4) is 0 Å². The summed E-state index contributed by atoms with van der Waals surface area (Å²) in [5.74, 6) is 0.000679. The molecule has 0 aromatic heterocycles. The molecule has 0 fully saturated rings. The molecule has 0 aliphatic heterocycles. The van der Waals surface area contributed by atoms with Gasteiger partial charge in [-0.3, -0.25) is 4.79 Å². The highest BCUT2D eigenvalue weighted by Crippen LogP contribution is 2.29. The number of halogens is 1. The average molecular weight is 302 g/mol. The van der Waals surface area contributed by atoms with Crippen LogP contribution in [0.2, 0.25) is 0 Å². The molecule has 0 heterocycles. The summed E-state index contributed by atoms with van der Waals surface area (Å²) in [6, 6.07) is 17.6. The van der Waals surface area contributed by atoms with E-state index in [-0.39, 0.29) is 11.3 Å². The van der Waals surface area contributed by atoms with E-state index < -0.39 is 5.41 Å². The Morgan fingerprint density at radius 1 is 0.952 bits per heavy atom. The number of carbonyl (C=O) groups excluding carboxylic acids is 1. The number of benzene rings is 2. The fourth-order valence-corrected chi connectivity index (χ4v) is 2.16. The molecule has 2 nitrogen and oxygen atoms in total. The van der Waals surface area contributed by atoms with E-state index in [2.05, 4.69) is 5.32 Å². The van der Waals surface area contributed by atoms with Gasteiger partial charge in [-0.25, -0.2) is 0 Å². The zero-order valence-corrected chi connectivity index (χ0v) is 13.3. The van der Waals surface area contributed by atoms with Gasteiger partial charge in [0, 0.05) is 11.1 Å². The number of hydrogen-bond donors (Lipinski definition) is 1. The van der Waals surface area contributed by atoms with E-state index in [1.807, 2.05) is 75.4 Å². The van der Waals surface area contributed by atoms with E-state index in [1.165, 1.54) is 0 Å². The summed E-state index contributed by atoms with van der Waals surface area (Å²) in [5, 5.41) is 2.72. The van der Waals surface area contributed by atoms with Gasteiger partial charge in [-0.05, 0) is 23.3 Å². The Hall–Kier alpha value is -1.80. The van der Waals surface area contributed by atoms with E-state index in [0.717, 1.165) is 16.8 Å². The molecule has 110 valence electrons. The van der Waals surface area contributed by atoms with Gasteiger partial charge in [0.1, 0.15) is 0 Å². The second kappa shape index (κ2) is 6.31. The predicted octanol–water partition coefficient (Wildman–Crippen LogP) is 5.00. The normalized spacial score (nSPS) is 12.8. The Balaban J connectivity index is 2.11. The Morgan fingerprint density at radius 3 is 2.00 bits per heavy atom. The third kappa shape index (κ3) is 4.08. The van der Waals surface area contributed by atoms with Crippen LogP contribution in [0.15, 0.2) is 54.6 Å². The van der Waals surface area contributed by atoms with Crippen LogP contribution >= 0.6 is 11.6 Å². The number of alkyl halides is 1. The standard InChI is InChI=1S/C18H20ClNO/c1-18(2,3)17(21)20-15-11-9-14(10-12-15)16(19)13-7-5-4-6-8-13/h4-12,16H,1-3H3,(H,20,21). The molecule has 0 spiro atoms. The second-order valence-electron chi connectivity index (χ2n) is 6.10. The molecule has 0 saturated heterocycles. The van der Waals surface area contributed by atoms with E-state index >= 15 is 0 Å². The van der Waals surface area contributed by atoms with Gasteiger partial charge in [-0.2, -0.15) is 0 Å². The van der Waals surface area contributed by atoms with Gasteiger partial charge >= 0.3 is 0 Å². The molecule has 1 N–H and O–H groups in total. The predicted molar refractivity (Wildman–Crippen MR) is 88.7 cm³/mol. The van der Waals surface area contributed by atoms with Crippen LogP contribution in [-0.2, 0) is 4.79 Å². The Bertz CT molecular complexity index is 599. The molecule has 0 saturated carbocycles. The second-order valence-corrected chi connectivity index (χ2v) is 6.54. The van der Waals surface area contributed by atoms with E-state index in [0.29, 0.717) is 0 Å². The molecule has 0 aliphatic carbocycles. The molecule has 2 aromatic rings. The molecule has 1 unspecified atom stereocenters. The lowest BCUT2D eigenvalue weighted by Gasteiger charge is -2.18. The zero-order valence-electron chi connectivity index (χ0n) is 12.6. The van der Waals surface area contributed by atoms with Crippen molar-refractivity contribution in [2.75, 3.05) is 5.32 Å². The number of anilines is 1. The number of carbonyl (C=O) groups is 1. The van der Waals surface area contributed by atoms with Gasteiger partial charge in [0.15, 0.2) is 0 Å². The minimum absolute atomic E-state index is 0.000679. The lowest BCUT2D eigenvalue weighted by Crippen LogP contribution is -2.27. The monoisotopic (exact) mass is 301 g/mol. The fraction of sp³-hybridized carbons (Fsp3) is 0.278. The first-order valence-corrected chi connectivity index (χ1v) is 7.42. The molecular weight excluding hydrogens is 282 g/mol. The molecular formula is C18H20ClNO. The van der Waals surface area contributed by atoms with Crippen LogP contribution in [0.25, 0.3) is 0 Å². The smallest absolute Gasteiger partial charge is 0.229 e. The summed E-state index contributed by atoms with van der Waals surface area (Å²) in [5.41, 5.74) is 2.45. The molecule has 0 aliphatic rings. The van der Waals surface area contributed by atoms with Crippen molar-refractivity contribution in [1.29, 1.82) is 0 Å². The molecule has 0 bridgehead atoms. The highest BCUT2D eigenvalue weighted by Gasteiger charge is 2.21. The maximum atomic E-state index is 11.9. The van der Waals surface area contributed by atoms with Crippen LogP contribution in [0.1, 0.15) is 37.3 Å². The first kappa shape index (κ1) is 15.6. The lowest BCUT2D eigenvalue weighted by molar-refractivity contribution is -0.123. The summed E-state index contributed by atoms with van der Waals surface area (Å²) in [6.45, 7) is 5.67. The zero-order chi connectivity index (χ0) is 15.5. The maximum absolute atomic E-state index is 11.9. The van der Waals surface area contributed by atoms with Gasteiger partial charge < -0.3 is 5.32 Å². The molecule has 1 amide bonds. The summed E-state index contributed by atoms with van der Waals surface area (Å²) >= 11 is 6.47. The summed E-state index contributed by atoms with van der Waals surface area (Å²) < 4.78 is 0. The summed E-state index contributed by atoms with van der Waals surface area (Å²) in [7, 11) is 0. The molecule has 2 rings (SSSR count). The van der Waals surface area contributed by atoms with Gasteiger partial charge in [0.2, 0.25) is 5.91 Å². The van der Waals surface area contributed by atoms with E-state index in [9.17, 15) is 4.79 Å². The average Bonchev–Trinajstić information content (AvgIpc) is 2.47. The quantitative estimate of drug-likeness (QED) is 0.794. The first-order valence-electron chi connectivity index (χ1n) is 6.98. The number of nitrogens with one attached hydrogen (secondary N) is 1. The van der Waals surface area contributed by atoms with Crippen molar-refractivity contribution >= 4 is 23.2 Å². The number of rotatable bonds is 3. The van der Waals surface area contributed by atoms with Crippen molar-refractivity contribution in [1.82, 2.24) is 0 Å². The highest BCUT2D eigenvalue weighted by atomic mass is 35.5. The Kier molecular flexibility index (Phi) is 4.69. The van der Waals surface area contributed by atoms with Crippen LogP contribution in [-0.4, -0.2) is 5.91 Å². The van der Waals surface area contributed by atoms with Crippen molar-refractivity contribution in [3.63, 3.8) is 0 Å². The highest BCUT2D eigenvalue weighted by molar-refractivity contribution is 6.22. The van der Waals surface area contributed by atoms with E-state index in [4.69, 9.17) is 11.6 Å². The first-order chi connectivity index (χ1) is 9.88. The van der Waals surface area contributed by atoms with Crippen molar-refractivity contribution in [3.05, 3.63) is 65.7 Å². The maximum Gasteiger partial charge on any atom is 0.229 e. The third-order valence-corrected chi connectivity index (χ3v) is 3.74. The molecule has 21 heavy (non-hydrogen) atoms. The van der Waals surface area contributed by atoms with Crippen LogP contribution in [0.3, 0.4) is 0 Å². The Labute approximate surface area is 131 Å². The van der Waals surface area contributed by atoms with E-state index in [1.54, 1.807) is 0 Å². The van der Waals surface area contributed by atoms with Crippen molar-refractivity contribution < 1.29 is 4.79 Å². The number of amides is 1. The largest absolute Gasteiger partial charge is 0.326 e. The fourth-order valence-electron chi connectivity index (χ4n) is 1.87. The van der Waals surface area contributed by atoms with Crippen LogP contribution in [0, 0.1) is 5.41 Å². The molecule has 3 heteroatoms. The van der Waals surface area contributed by atoms with Gasteiger partial charge in [-0.15, -0.1) is 11.6 Å². The van der Waals surface area contributed by atoms with Crippen molar-refractivity contribution in [2.24, 2.45) is 5.41 Å². The minimum Gasteiger partial charge on any atom is -0.326 e. The number of hydrogen-bond acceptors (Lipinski definition) is 1. The summed E-state index contributed by atoms with van der Waals surface area (Å²) in [4.78, 5) is 11.9. The molecule has 0 radical (unpaired) electrons. The summed E-state index contributed by atoms with van der Waals surface area (Å²) in [6.07, 6.45) is 0. The van der Waals surface area contributed by atoms with Crippen LogP contribution < -0.4 is 5.32 Å².